The van der Waals surface area contributed by atoms with Gasteiger partial charge >= 0.3 is 0 Å². The molecule has 1 amide bonds. The van der Waals surface area contributed by atoms with Crippen LogP contribution in [0, 0.1) is 0 Å². The van der Waals surface area contributed by atoms with Crippen LogP contribution in [0.25, 0.3) is 0 Å². The van der Waals surface area contributed by atoms with E-state index in [1.807, 2.05) is 23.1 Å². The number of hydrogen-bond acceptors (Lipinski definition) is 3. The summed E-state index contributed by atoms with van der Waals surface area (Å²) in [6.07, 6.45) is 1.32. The Morgan fingerprint density at radius 1 is 1.50 bits per heavy atom. The lowest BCUT2D eigenvalue weighted by molar-refractivity contribution is -0.119. The van der Waals surface area contributed by atoms with Crippen LogP contribution in [0.3, 0.4) is 0 Å². The quantitative estimate of drug-likeness (QED) is 0.907. The first-order chi connectivity index (χ1) is 9.25. The number of morpholine rings is 1. The van der Waals surface area contributed by atoms with E-state index in [-0.39, 0.29) is 24.4 Å². The third kappa shape index (κ3) is 3.09. The molecule has 20 heavy (non-hydrogen) atoms. The van der Waals surface area contributed by atoms with E-state index in [4.69, 9.17) is 16.3 Å². The van der Waals surface area contributed by atoms with E-state index in [1.54, 1.807) is 0 Å². The molecule has 1 aromatic rings. The maximum Gasteiger partial charge on any atom is 0.228 e. The maximum absolute atomic E-state index is 12.4. The van der Waals surface area contributed by atoms with Crippen LogP contribution in [0.1, 0.15) is 12.0 Å². The zero-order valence-electron chi connectivity index (χ0n) is 11.1. The normalized spacial score (nSPS) is 21.2. The van der Waals surface area contributed by atoms with Crippen molar-refractivity contribution in [1.29, 1.82) is 0 Å². The van der Waals surface area contributed by atoms with Gasteiger partial charge in [-0.2, -0.15) is 0 Å². The Morgan fingerprint density at radius 3 is 3.10 bits per heavy atom. The molecule has 1 aromatic carbocycles. The first-order valence-corrected chi connectivity index (χ1v) is 7.02. The standard InChI is InChI=1S/C14H17ClN2O2.ClH/c15-12-2-1-3-13-11(12)4-6-17(13)14(18)8-10-9-19-7-5-16-10;/h1-3,10,16H,4-9H2;1H. The van der Waals surface area contributed by atoms with E-state index >= 15 is 0 Å². The van der Waals surface area contributed by atoms with E-state index in [2.05, 4.69) is 5.32 Å². The second-order valence-corrected chi connectivity index (χ2v) is 5.37. The van der Waals surface area contributed by atoms with Crippen molar-refractivity contribution in [2.45, 2.75) is 18.9 Å². The molecule has 1 unspecified atom stereocenters. The summed E-state index contributed by atoms with van der Waals surface area (Å²) in [4.78, 5) is 14.2. The van der Waals surface area contributed by atoms with Crippen LogP contribution in [0.4, 0.5) is 5.69 Å². The van der Waals surface area contributed by atoms with Gasteiger partial charge in [-0.25, -0.2) is 0 Å². The number of hydrogen-bond donors (Lipinski definition) is 1. The van der Waals surface area contributed by atoms with Crippen molar-refractivity contribution in [3.8, 4) is 0 Å². The van der Waals surface area contributed by atoms with Gasteiger partial charge in [0.05, 0.1) is 13.2 Å². The monoisotopic (exact) mass is 316 g/mol. The SMILES string of the molecule is Cl.O=C(CC1COCCN1)N1CCc2c(Cl)cccc21. The first kappa shape index (κ1) is 15.6. The molecular formula is C14H18Cl2N2O2. The van der Waals surface area contributed by atoms with Crippen molar-refractivity contribution >= 4 is 35.6 Å². The maximum atomic E-state index is 12.4. The van der Waals surface area contributed by atoms with Gasteiger partial charge in [0.1, 0.15) is 0 Å². The Kier molecular flexibility index (Phi) is 5.27. The number of benzene rings is 1. The van der Waals surface area contributed by atoms with Crippen LogP contribution in [-0.4, -0.2) is 38.3 Å². The van der Waals surface area contributed by atoms with Crippen LogP contribution in [0.5, 0.6) is 0 Å². The van der Waals surface area contributed by atoms with Crippen molar-refractivity contribution < 1.29 is 9.53 Å². The minimum absolute atomic E-state index is 0. The highest BCUT2D eigenvalue weighted by atomic mass is 35.5. The molecular weight excluding hydrogens is 299 g/mol. The molecule has 0 radical (unpaired) electrons. The van der Waals surface area contributed by atoms with Gasteiger partial charge in [0.2, 0.25) is 5.91 Å². The van der Waals surface area contributed by atoms with Crippen LogP contribution in [0.15, 0.2) is 18.2 Å². The van der Waals surface area contributed by atoms with Crippen LogP contribution >= 0.6 is 24.0 Å². The highest BCUT2D eigenvalue weighted by molar-refractivity contribution is 6.32. The summed E-state index contributed by atoms with van der Waals surface area (Å²) in [5, 5.41) is 4.07. The molecule has 6 heteroatoms. The Balaban J connectivity index is 0.00000147. The molecule has 0 spiro atoms. The number of rotatable bonds is 2. The number of carbonyl (C=O) groups excluding carboxylic acids is 1. The van der Waals surface area contributed by atoms with Crippen LogP contribution in [0.2, 0.25) is 5.02 Å². The zero-order chi connectivity index (χ0) is 13.2. The van der Waals surface area contributed by atoms with Gasteiger partial charge in [0.25, 0.3) is 0 Å². The van der Waals surface area contributed by atoms with Crippen molar-refractivity contribution in [2.75, 3.05) is 31.2 Å². The Bertz CT molecular complexity index is 490. The summed E-state index contributed by atoms with van der Waals surface area (Å²) in [5.41, 5.74) is 2.06. The van der Waals surface area contributed by atoms with E-state index in [9.17, 15) is 4.79 Å². The zero-order valence-corrected chi connectivity index (χ0v) is 12.7. The van der Waals surface area contributed by atoms with E-state index in [0.29, 0.717) is 13.0 Å². The fourth-order valence-corrected chi connectivity index (χ4v) is 2.99. The molecule has 4 nitrogen and oxygen atoms in total. The molecule has 1 fully saturated rings. The van der Waals surface area contributed by atoms with Crippen molar-refractivity contribution in [3.05, 3.63) is 28.8 Å². The second kappa shape index (κ2) is 6.76. The molecule has 2 aliphatic heterocycles. The smallest absolute Gasteiger partial charge is 0.228 e. The molecule has 110 valence electrons. The lowest BCUT2D eigenvalue weighted by Gasteiger charge is -2.25. The molecule has 1 saturated heterocycles. The lowest BCUT2D eigenvalue weighted by Crippen LogP contribution is -2.45. The van der Waals surface area contributed by atoms with Crippen molar-refractivity contribution in [3.63, 3.8) is 0 Å². The number of ether oxygens (including phenoxy) is 1. The second-order valence-electron chi connectivity index (χ2n) is 4.96. The Labute approximate surface area is 129 Å². The Morgan fingerprint density at radius 2 is 2.35 bits per heavy atom. The van der Waals surface area contributed by atoms with Gasteiger partial charge in [0, 0.05) is 36.3 Å². The average Bonchev–Trinajstić information content (AvgIpc) is 2.85. The van der Waals surface area contributed by atoms with Crippen molar-refractivity contribution in [1.82, 2.24) is 5.32 Å². The third-order valence-corrected chi connectivity index (χ3v) is 4.04. The number of nitrogens with one attached hydrogen (secondary N) is 1. The predicted molar refractivity (Wildman–Crippen MR) is 82.0 cm³/mol. The molecule has 0 aliphatic carbocycles. The number of amides is 1. The van der Waals surface area contributed by atoms with Gasteiger partial charge in [-0.1, -0.05) is 17.7 Å². The van der Waals surface area contributed by atoms with E-state index in [1.165, 1.54) is 0 Å². The third-order valence-electron chi connectivity index (χ3n) is 3.69. The molecule has 0 saturated carbocycles. The minimum atomic E-state index is 0. The number of halogens is 2. The van der Waals surface area contributed by atoms with Gasteiger partial charge in [-0.15, -0.1) is 12.4 Å². The molecule has 2 heterocycles. The fraction of sp³-hybridized carbons (Fsp3) is 0.500. The van der Waals surface area contributed by atoms with Gasteiger partial charge in [0.15, 0.2) is 0 Å². The molecule has 1 N–H and O–H groups in total. The largest absolute Gasteiger partial charge is 0.378 e. The Hall–Kier alpha value is -0.810. The number of anilines is 1. The number of fused-ring (bicyclic) bond motifs is 1. The summed E-state index contributed by atoms with van der Waals surface area (Å²) >= 11 is 6.16. The molecule has 0 aromatic heterocycles. The first-order valence-electron chi connectivity index (χ1n) is 6.64. The molecule has 1 atom stereocenters. The lowest BCUT2D eigenvalue weighted by atomic mass is 10.1. The summed E-state index contributed by atoms with van der Waals surface area (Å²) in [7, 11) is 0. The van der Waals surface area contributed by atoms with Crippen LogP contribution in [-0.2, 0) is 16.0 Å². The molecule has 2 aliphatic rings. The summed E-state index contributed by atoms with van der Waals surface area (Å²) < 4.78 is 5.38. The van der Waals surface area contributed by atoms with E-state index < -0.39 is 0 Å². The summed E-state index contributed by atoms with van der Waals surface area (Å²) in [6, 6.07) is 5.88. The van der Waals surface area contributed by atoms with Gasteiger partial charge in [-0.3, -0.25) is 4.79 Å². The minimum Gasteiger partial charge on any atom is -0.378 e. The molecule has 3 rings (SSSR count). The van der Waals surface area contributed by atoms with Crippen LogP contribution < -0.4 is 10.2 Å². The highest BCUT2D eigenvalue weighted by Crippen LogP contribution is 2.33. The highest BCUT2D eigenvalue weighted by Gasteiger charge is 2.28. The topological polar surface area (TPSA) is 41.6 Å². The summed E-state index contributed by atoms with van der Waals surface area (Å²) in [6.45, 7) is 2.89. The van der Waals surface area contributed by atoms with Gasteiger partial charge in [-0.05, 0) is 24.1 Å². The van der Waals surface area contributed by atoms with Gasteiger partial charge < -0.3 is 15.0 Å². The number of carbonyl (C=O) groups is 1. The molecule has 0 bridgehead atoms. The number of nitrogens with zero attached hydrogens (tertiary/aromatic N) is 1. The average molecular weight is 317 g/mol. The summed E-state index contributed by atoms with van der Waals surface area (Å²) in [5.74, 6) is 0.143. The predicted octanol–water partition coefficient (Wildman–Crippen LogP) is 2.03. The fourth-order valence-electron chi connectivity index (χ4n) is 2.72. The van der Waals surface area contributed by atoms with Crippen molar-refractivity contribution in [2.24, 2.45) is 0 Å². The van der Waals surface area contributed by atoms with E-state index in [0.717, 1.165) is 42.4 Å².